The molecule has 0 aromatic heterocycles. The van der Waals surface area contributed by atoms with Crippen LogP contribution in [0.3, 0.4) is 0 Å². The summed E-state index contributed by atoms with van der Waals surface area (Å²) in [6.07, 6.45) is 3.99. The molecule has 3 rings (SSSR count). The predicted octanol–water partition coefficient (Wildman–Crippen LogP) is 3.18. The van der Waals surface area contributed by atoms with E-state index in [9.17, 15) is 0 Å². The van der Waals surface area contributed by atoms with Crippen molar-refractivity contribution in [2.24, 2.45) is 0 Å². The van der Waals surface area contributed by atoms with Crippen LogP contribution in [0.15, 0.2) is 24.3 Å². The standard InChI is InChI=1S/C17H25NO/c1-13-6-4-5-7-15(13)17(11-18-12-17)10-14-8-9-16(2,3)19-14/h4-7,14,18H,8-12H2,1-3H3. The van der Waals surface area contributed by atoms with Gasteiger partial charge in [0.05, 0.1) is 11.7 Å². The fourth-order valence-corrected chi connectivity index (χ4v) is 3.70. The molecule has 2 nitrogen and oxygen atoms in total. The fourth-order valence-electron chi connectivity index (χ4n) is 3.70. The van der Waals surface area contributed by atoms with Gasteiger partial charge in [-0.25, -0.2) is 0 Å². The maximum atomic E-state index is 6.21. The quantitative estimate of drug-likeness (QED) is 0.900. The van der Waals surface area contributed by atoms with E-state index in [4.69, 9.17) is 4.74 Å². The number of ether oxygens (including phenoxy) is 1. The van der Waals surface area contributed by atoms with E-state index in [2.05, 4.69) is 50.4 Å². The van der Waals surface area contributed by atoms with Crippen LogP contribution in [0.2, 0.25) is 0 Å². The van der Waals surface area contributed by atoms with Gasteiger partial charge in [0.25, 0.3) is 0 Å². The average Bonchev–Trinajstić information content (AvgIpc) is 2.64. The smallest absolute Gasteiger partial charge is 0.0631 e. The fraction of sp³-hybridized carbons (Fsp3) is 0.647. The summed E-state index contributed by atoms with van der Waals surface area (Å²) in [5, 5.41) is 3.47. The van der Waals surface area contributed by atoms with E-state index >= 15 is 0 Å². The van der Waals surface area contributed by atoms with Crippen molar-refractivity contribution in [3.63, 3.8) is 0 Å². The zero-order chi connectivity index (χ0) is 13.5. The van der Waals surface area contributed by atoms with Crippen LogP contribution >= 0.6 is 0 Å². The third kappa shape index (κ3) is 2.44. The highest BCUT2D eigenvalue weighted by Crippen LogP contribution is 2.40. The largest absolute Gasteiger partial charge is 0.372 e. The average molecular weight is 259 g/mol. The minimum Gasteiger partial charge on any atom is -0.372 e. The van der Waals surface area contributed by atoms with E-state index in [1.807, 2.05) is 0 Å². The number of hydrogen-bond donors (Lipinski definition) is 1. The van der Waals surface area contributed by atoms with Crippen LogP contribution in [-0.2, 0) is 10.2 Å². The molecular weight excluding hydrogens is 234 g/mol. The lowest BCUT2D eigenvalue weighted by Gasteiger charge is -2.45. The SMILES string of the molecule is Cc1ccccc1C1(CC2CCC(C)(C)O2)CNC1. The molecule has 2 saturated heterocycles. The molecule has 2 aliphatic heterocycles. The van der Waals surface area contributed by atoms with E-state index in [0.717, 1.165) is 19.5 Å². The van der Waals surface area contributed by atoms with Crippen molar-refractivity contribution in [3.8, 4) is 0 Å². The van der Waals surface area contributed by atoms with Gasteiger partial charge in [-0.15, -0.1) is 0 Å². The molecule has 0 amide bonds. The molecule has 1 aromatic rings. The van der Waals surface area contributed by atoms with Crippen molar-refractivity contribution in [1.29, 1.82) is 0 Å². The normalized spacial score (nSPS) is 28.1. The minimum absolute atomic E-state index is 0.0781. The molecule has 0 bridgehead atoms. The summed E-state index contributed by atoms with van der Waals surface area (Å²) in [5.41, 5.74) is 3.31. The summed E-state index contributed by atoms with van der Waals surface area (Å²) in [4.78, 5) is 0. The van der Waals surface area contributed by atoms with Gasteiger partial charge < -0.3 is 10.1 Å². The third-order valence-electron chi connectivity index (χ3n) is 4.82. The Morgan fingerprint density at radius 3 is 2.53 bits per heavy atom. The van der Waals surface area contributed by atoms with Crippen LogP contribution in [0.4, 0.5) is 0 Å². The monoisotopic (exact) mass is 259 g/mol. The van der Waals surface area contributed by atoms with Crippen LogP contribution in [0.1, 0.15) is 44.2 Å². The first-order chi connectivity index (χ1) is 9.01. The van der Waals surface area contributed by atoms with Crippen molar-refractivity contribution in [2.75, 3.05) is 13.1 Å². The molecule has 1 unspecified atom stereocenters. The van der Waals surface area contributed by atoms with E-state index in [1.165, 1.54) is 24.0 Å². The Morgan fingerprint density at radius 2 is 2.00 bits per heavy atom. The van der Waals surface area contributed by atoms with E-state index in [-0.39, 0.29) is 5.60 Å². The van der Waals surface area contributed by atoms with Gasteiger partial charge in [0.2, 0.25) is 0 Å². The molecule has 0 saturated carbocycles. The van der Waals surface area contributed by atoms with E-state index in [1.54, 1.807) is 0 Å². The summed E-state index contributed by atoms with van der Waals surface area (Å²) in [5.74, 6) is 0. The third-order valence-corrected chi connectivity index (χ3v) is 4.82. The lowest BCUT2D eigenvalue weighted by atomic mass is 9.69. The first-order valence-corrected chi connectivity index (χ1v) is 7.45. The molecule has 1 aromatic carbocycles. The second-order valence-corrected chi connectivity index (χ2v) is 6.94. The van der Waals surface area contributed by atoms with Crippen LogP contribution in [-0.4, -0.2) is 24.8 Å². The summed E-state index contributed by atoms with van der Waals surface area (Å²) in [6.45, 7) is 8.85. The molecule has 2 heterocycles. The summed E-state index contributed by atoms with van der Waals surface area (Å²) in [6, 6.07) is 8.83. The van der Waals surface area contributed by atoms with Gasteiger partial charge in [0.1, 0.15) is 0 Å². The zero-order valence-electron chi connectivity index (χ0n) is 12.3. The van der Waals surface area contributed by atoms with Crippen molar-refractivity contribution < 1.29 is 4.74 Å². The lowest BCUT2D eigenvalue weighted by Crippen LogP contribution is -2.58. The second kappa shape index (κ2) is 4.60. The summed E-state index contributed by atoms with van der Waals surface area (Å²) < 4.78 is 6.21. The molecule has 104 valence electrons. The maximum absolute atomic E-state index is 6.21. The van der Waals surface area contributed by atoms with Crippen LogP contribution in [0.25, 0.3) is 0 Å². The Kier molecular flexibility index (Phi) is 3.18. The molecule has 2 aliphatic rings. The van der Waals surface area contributed by atoms with Gasteiger partial charge in [-0.2, -0.15) is 0 Å². The molecule has 0 radical (unpaired) electrons. The minimum atomic E-state index is 0.0781. The second-order valence-electron chi connectivity index (χ2n) is 6.94. The highest BCUT2D eigenvalue weighted by molar-refractivity contribution is 5.36. The molecule has 1 N–H and O–H groups in total. The van der Waals surface area contributed by atoms with Gasteiger partial charge in [0, 0.05) is 18.5 Å². The van der Waals surface area contributed by atoms with E-state index < -0.39 is 0 Å². The zero-order valence-corrected chi connectivity index (χ0v) is 12.3. The number of nitrogens with one attached hydrogen (secondary N) is 1. The molecule has 19 heavy (non-hydrogen) atoms. The first-order valence-electron chi connectivity index (χ1n) is 7.45. The summed E-state index contributed by atoms with van der Waals surface area (Å²) in [7, 11) is 0. The Bertz CT molecular complexity index is 462. The van der Waals surface area contributed by atoms with Crippen molar-refractivity contribution in [3.05, 3.63) is 35.4 Å². The molecule has 1 atom stereocenters. The Hall–Kier alpha value is -0.860. The molecule has 2 fully saturated rings. The van der Waals surface area contributed by atoms with Gasteiger partial charge in [-0.1, -0.05) is 24.3 Å². The van der Waals surface area contributed by atoms with Gasteiger partial charge in [-0.3, -0.25) is 0 Å². The number of aryl methyl sites for hydroxylation is 1. The van der Waals surface area contributed by atoms with Crippen LogP contribution in [0.5, 0.6) is 0 Å². The predicted molar refractivity (Wildman–Crippen MR) is 78.5 cm³/mol. The maximum Gasteiger partial charge on any atom is 0.0631 e. The lowest BCUT2D eigenvalue weighted by molar-refractivity contribution is -0.0318. The molecule has 0 aliphatic carbocycles. The highest BCUT2D eigenvalue weighted by atomic mass is 16.5. The Labute approximate surface area is 116 Å². The summed E-state index contributed by atoms with van der Waals surface area (Å²) >= 11 is 0. The molecular formula is C17H25NO. The first kappa shape index (κ1) is 13.1. The van der Waals surface area contributed by atoms with Gasteiger partial charge >= 0.3 is 0 Å². The highest BCUT2D eigenvalue weighted by Gasteiger charge is 2.44. The number of rotatable bonds is 3. The van der Waals surface area contributed by atoms with Crippen molar-refractivity contribution in [1.82, 2.24) is 5.32 Å². The Morgan fingerprint density at radius 1 is 1.26 bits per heavy atom. The van der Waals surface area contributed by atoms with Crippen LogP contribution in [0, 0.1) is 6.92 Å². The topological polar surface area (TPSA) is 21.3 Å². The van der Waals surface area contributed by atoms with E-state index in [0.29, 0.717) is 11.5 Å². The molecule has 0 spiro atoms. The number of benzene rings is 1. The van der Waals surface area contributed by atoms with Crippen molar-refractivity contribution in [2.45, 2.75) is 57.2 Å². The molecule has 2 heteroatoms. The number of hydrogen-bond acceptors (Lipinski definition) is 2. The van der Waals surface area contributed by atoms with Crippen LogP contribution < -0.4 is 5.32 Å². The van der Waals surface area contributed by atoms with Gasteiger partial charge in [0.15, 0.2) is 0 Å². The van der Waals surface area contributed by atoms with Crippen molar-refractivity contribution >= 4 is 0 Å². The van der Waals surface area contributed by atoms with Gasteiger partial charge in [-0.05, 0) is 51.2 Å². The Balaban J connectivity index is 1.79.